The number of thioether (sulfide) groups is 1. The first-order valence-electron chi connectivity index (χ1n) is 5.73. The molecule has 0 radical (unpaired) electrons. The van der Waals surface area contributed by atoms with Gasteiger partial charge in [0.15, 0.2) is 0 Å². The summed E-state index contributed by atoms with van der Waals surface area (Å²) in [4.78, 5) is 15.1. The smallest absolute Gasteiger partial charge is 0.317 e. The molecule has 1 rings (SSSR count). The van der Waals surface area contributed by atoms with Crippen molar-refractivity contribution in [2.45, 2.75) is 24.6 Å². The van der Waals surface area contributed by atoms with Gasteiger partial charge in [0.05, 0.1) is 6.54 Å². The molecule has 1 saturated heterocycles. The zero-order valence-corrected chi connectivity index (χ0v) is 11.2. The van der Waals surface area contributed by atoms with Crippen LogP contribution < -0.4 is 0 Å². The maximum Gasteiger partial charge on any atom is 0.317 e. The Hall–Kier alpha value is -0.260. The highest BCUT2D eigenvalue weighted by atomic mass is 32.2. The third-order valence-corrected chi connectivity index (χ3v) is 4.29. The van der Waals surface area contributed by atoms with Crippen molar-refractivity contribution in [2.24, 2.45) is 0 Å². The van der Waals surface area contributed by atoms with E-state index in [0.717, 1.165) is 25.3 Å². The van der Waals surface area contributed by atoms with E-state index in [2.05, 4.69) is 16.7 Å². The number of carbonyl (C=O) groups is 1. The van der Waals surface area contributed by atoms with Crippen LogP contribution in [-0.2, 0) is 4.79 Å². The van der Waals surface area contributed by atoms with Crippen LogP contribution in [0.1, 0.15) is 13.3 Å². The van der Waals surface area contributed by atoms with Gasteiger partial charge in [-0.2, -0.15) is 11.8 Å². The van der Waals surface area contributed by atoms with Crippen LogP contribution in [-0.4, -0.2) is 71.6 Å². The molecule has 16 heavy (non-hydrogen) atoms. The van der Waals surface area contributed by atoms with Gasteiger partial charge in [0.2, 0.25) is 0 Å². The Morgan fingerprint density at radius 1 is 1.44 bits per heavy atom. The molecule has 4 nitrogen and oxygen atoms in total. The van der Waals surface area contributed by atoms with Crippen molar-refractivity contribution in [3.05, 3.63) is 0 Å². The predicted octanol–water partition coefficient (Wildman–Crippen LogP) is 0.829. The molecule has 1 N–H and O–H groups in total. The lowest BCUT2D eigenvalue weighted by Gasteiger charge is -2.30. The molecule has 0 spiro atoms. The van der Waals surface area contributed by atoms with E-state index in [-0.39, 0.29) is 6.54 Å². The van der Waals surface area contributed by atoms with E-state index < -0.39 is 5.97 Å². The summed E-state index contributed by atoms with van der Waals surface area (Å²) in [5.41, 5.74) is 0. The lowest BCUT2D eigenvalue weighted by atomic mass is 10.1. The SMILES string of the molecule is CC1SCCC1N(CCN(C)C)CC(=O)O. The van der Waals surface area contributed by atoms with Gasteiger partial charge in [0.25, 0.3) is 0 Å². The topological polar surface area (TPSA) is 43.8 Å². The van der Waals surface area contributed by atoms with E-state index in [0.29, 0.717) is 11.3 Å². The molecule has 0 aromatic carbocycles. The number of hydrogen-bond acceptors (Lipinski definition) is 4. The fraction of sp³-hybridized carbons (Fsp3) is 0.909. The highest BCUT2D eigenvalue weighted by Gasteiger charge is 2.30. The molecule has 0 aliphatic carbocycles. The van der Waals surface area contributed by atoms with Crippen LogP contribution in [0, 0.1) is 0 Å². The molecular weight excluding hydrogens is 224 g/mol. The minimum Gasteiger partial charge on any atom is -0.480 e. The standard InChI is InChI=1S/C11H22N2O2S/c1-9-10(4-7-16-9)13(8-11(14)15)6-5-12(2)3/h9-10H,4-8H2,1-3H3,(H,14,15). The van der Waals surface area contributed by atoms with Crippen molar-refractivity contribution in [3.8, 4) is 0 Å². The summed E-state index contributed by atoms with van der Waals surface area (Å²) in [5.74, 6) is 0.437. The first-order chi connectivity index (χ1) is 7.50. The molecule has 0 aromatic heterocycles. The lowest BCUT2D eigenvalue weighted by molar-refractivity contribution is -0.138. The van der Waals surface area contributed by atoms with Gasteiger partial charge in [0, 0.05) is 24.4 Å². The Bertz CT molecular complexity index is 236. The molecule has 5 heteroatoms. The molecule has 1 fully saturated rings. The average Bonchev–Trinajstić information content (AvgIpc) is 2.58. The Labute approximate surface area is 102 Å². The summed E-state index contributed by atoms with van der Waals surface area (Å²) < 4.78 is 0. The fourth-order valence-electron chi connectivity index (χ4n) is 2.06. The monoisotopic (exact) mass is 246 g/mol. The minimum absolute atomic E-state index is 0.170. The van der Waals surface area contributed by atoms with Crippen molar-refractivity contribution in [1.29, 1.82) is 0 Å². The van der Waals surface area contributed by atoms with E-state index in [1.807, 2.05) is 25.9 Å². The van der Waals surface area contributed by atoms with Gasteiger partial charge in [-0.15, -0.1) is 0 Å². The van der Waals surface area contributed by atoms with Crippen LogP contribution in [0.15, 0.2) is 0 Å². The molecular formula is C11H22N2O2S. The van der Waals surface area contributed by atoms with Crippen LogP contribution in [0.5, 0.6) is 0 Å². The average molecular weight is 246 g/mol. The number of hydrogen-bond donors (Lipinski definition) is 1. The normalized spacial score (nSPS) is 25.6. The van der Waals surface area contributed by atoms with E-state index in [1.165, 1.54) is 0 Å². The Morgan fingerprint density at radius 2 is 2.12 bits per heavy atom. The van der Waals surface area contributed by atoms with Crippen molar-refractivity contribution in [3.63, 3.8) is 0 Å². The number of nitrogens with zero attached hydrogens (tertiary/aromatic N) is 2. The zero-order chi connectivity index (χ0) is 12.1. The van der Waals surface area contributed by atoms with E-state index in [1.54, 1.807) is 0 Å². The van der Waals surface area contributed by atoms with Crippen LogP contribution in [0.4, 0.5) is 0 Å². The summed E-state index contributed by atoms with van der Waals surface area (Å²) in [5, 5.41) is 9.49. The number of carboxylic acid groups (broad SMARTS) is 1. The lowest BCUT2D eigenvalue weighted by Crippen LogP contribution is -2.45. The highest BCUT2D eigenvalue weighted by Crippen LogP contribution is 2.29. The van der Waals surface area contributed by atoms with Gasteiger partial charge < -0.3 is 10.0 Å². The Kier molecular flexibility index (Phi) is 5.58. The van der Waals surface area contributed by atoms with Gasteiger partial charge in [-0.25, -0.2) is 0 Å². The number of likely N-dealkylation sites (N-methyl/N-ethyl adjacent to an activating group) is 1. The van der Waals surface area contributed by atoms with E-state index in [4.69, 9.17) is 5.11 Å². The van der Waals surface area contributed by atoms with Gasteiger partial charge in [-0.05, 0) is 26.3 Å². The summed E-state index contributed by atoms with van der Waals surface area (Å²) in [6.45, 7) is 4.13. The van der Waals surface area contributed by atoms with Gasteiger partial charge in [0.1, 0.15) is 0 Å². The summed E-state index contributed by atoms with van der Waals surface area (Å²) in [7, 11) is 4.04. The third kappa shape index (κ3) is 4.31. The quantitative estimate of drug-likeness (QED) is 0.752. The van der Waals surface area contributed by atoms with Gasteiger partial charge in [-0.1, -0.05) is 6.92 Å². The molecule has 1 aliphatic heterocycles. The molecule has 1 aliphatic rings. The van der Waals surface area contributed by atoms with Crippen LogP contribution >= 0.6 is 11.8 Å². The van der Waals surface area contributed by atoms with E-state index in [9.17, 15) is 4.79 Å². The first kappa shape index (κ1) is 13.8. The number of carboxylic acids is 1. The van der Waals surface area contributed by atoms with Crippen molar-refractivity contribution < 1.29 is 9.90 Å². The Morgan fingerprint density at radius 3 is 2.56 bits per heavy atom. The molecule has 0 saturated carbocycles. The highest BCUT2D eigenvalue weighted by molar-refractivity contribution is 8.00. The molecule has 2 unspecified atom stereocenters. The van der Waals surface area contributed by atoms with Gasteiger partial charge in [-0.3, -0.25) is 9.69 Å². The van der Waals surface area contributed by atoms with Crippen molar-refractivity contribution in [1.82, 2.24) is 9.80 Å². The predicted molar refractivity (Wildman–Crippen MR) is 68.1 cm³/mol. The largest absolute Gasteiger partial charge is 0.480 e. The maximum atomic E-state index is 10.9. The maximum absolute atomic E-state index is 10.9. The molecule has 2 atom stereocenters. The van der Waals surface area contributed by atoms with Crippen LogP contribution in [0.3, 0.4) is 0 Å². The number of rotatable bonds is 6. The Balaban J connectivity index is 2.51. The van der Waals surface area contributed by atoms with Gasteiger partial charge >= 0.3 is 5.97 Å². The summed E-state index contributed by atoms with van der Waals surface area (Å²) in [6.07, 6.45) is 1.12. The van der Waals surface area contributed by atoms with Crippen LogP contribution in [0.2, 0.25) is 0 Å². The zero-order valence-electron chi connectivity index (χ0n) is 10.3. The molecule has 1 heterocycles. The molecule has 0 bridgehead atoms. The summed E-state index contributed by atoms with van der Waals surface area (Å²) in [6, 6.07) is 0.432. The van der Waals surface area contributed by atoms with Crippen molar-refractivity contribution in [2.75, 3.05) is 39.5 Å². The minimum atomic E-state index is -0.720. The molecule has 0 aromatic rings. The second-order valence-corrected chi connectivity index (χ2v) is 6.08. The van der Waals surface area contributed by atoms with Crippen LogP contribution in [0.25, 0.3) is 0 Å². The molecule has 94 valence electrons. The van der Waals surface area contributed by atoms with E-state index >= 15 is 0 Å². The first-order valence-corrected chi connectivity index (χ1v) is 6.77. The molecule has 0 amide bonds. The third-order valence-electron chi connectivity index (χ3n) is 2.98. The fourth-order valence-corrected chi connectivity index (χ4v) is 3.34. The number of aliphatic carboxylic acids is 1. The second kappa shape index (κ2) is 6.47. The van der Waals surface area contributed by atoms with Crippen molar-refractivity contribution >= 4 is 17.7 Å². The second-order valence-electron chi connectivity index (χ2n) is 4.60. The summed E-state index contributed by atoms with van der Waals surface area (Å²) >= 11 is 1.95.